The van der Waals surface area contributed by atoms with Gasteiger partial charge in [0, 0.05) is 6.07 Å². The Morgan fingerprint density at radius 2 is 2.00 bits per heavy atom. The lowest BCUT2D eigenvalue weighted by molar-refractivity contribution is 1.39. The van der Waals surface area contributed by atoms with Crippen molar-refractivity contribution in [3.05, 3.63) is 35.4 Å². The van der Waals surface area contributed by atoms with Gasteiger partial charge in [-0.2, -0.15) is 4.37 Å². The lowest BCUT2D eigenvalue weighted by Gasteiger charge is -2.02. The highest BCUT2D eigenvalue weighted by Crippen LogP contribution is 2.28. The Morgan fingerprint density at radius 1 is 1.21 bits per heavy atom. The Bertz CT molecular complexity index is 460. The summed E-state index contributed by atoms with van der Waals surface area (Å²) in [5.41, 5.74) is 9.38. The van der Waals surface area contributed by atoms with E-state index in [4.69, 9.17) is 5.73 Å². The van der Waals surface area contributed by atoms with E-state index in [1.165, 1.54) is 28.2 Å². The molecular weight excluding hydrogens is 192 g/mol. The third kappa shape index (κ3) is 1.63. The van der Waals surface area contributed by atoms with Gasteiger partial charge in [0.25, 0.3) is 0 Å². The van der Waals surface area contributed by atoms with Gasteiger partial charge in [-0.25, -0.2) is 0 Å². The van der Waals surface area contributed by atoms with Gasteiger partial charge in [0.1, 0.15) is 5.82 Å². The number of nitrogen functional groups attached to an aromatic ring is 1. The summed E-state index contributed by atoms with van der Waals surface area (Å²) in [5, 5.41) is 0. The van der Waals surface area contributed by atoms with Gasteiger partial charge in [0.2, 0.25) is 0 Å². The topological polar surface area (TPSA) is 38.9 Å². The SMILES string of the molecule is Cc1ccc(-c2cc(N)ns2)c(C)c1. The maximum atomic E-state index is 5.60. The predicted octanol–water partition coefficient (Wildman–Crippen LogP) is 3.01. The van der Waals surface area contributed by atoms with E-state index < -0.39 is 0 Å². The zero-order chi connectivity index (χ0) is 10.1. The minimum atomic E-state index is 0.602. The molecule has 2 rings (SSSR count). The summed E-state index contributed by atoms with van der Waals surface area (Å²) in [5.74, 6) is 0.602. The summed E-state index contributed by atoms with van der Waals surface area (Å²) in [6.07, 6.45) is 0. The summed E-state index contributed by atoms with van der Waals surface area (Å²) < 4.78 is 4.08. The standard InChI is InChI=1S/C11H12N2S/c1-7-3-4-9(8(2)5-7)10-6-11(12)13-14-10/h3-6H,1-2H3,(H2,12,13). The quantitative estimate of drug-likeness (QED) is 0.775. The van der Waals surface area contributed by atoms with Crippen LogP contribution in [0.25, 0.3) is 10.4 Å². The van der Waals surface area contributed by atoms with Crippen LogP contribution in [0, 0.1) is 13.8 Å². The monoisotopic (exact) mass is 204 g/mol. The molecule has 0 aliphatic carbocycles. The second kappa shape index (κ2) is 3.42. The largest absolute Gasteiger partial charge is 0.383 e. The minimum absolute atomic E-state index is 0.602. The van der Waals surface area contributed by atoms with E-state index in [0.717, 1.165) is 4.88 Å². The molecule has 0 atom stereocenters. The highest BCUT2D eigenvalue weighted by atomic mass is 32.1. The summed E-state index contributed by atoms with van der Waals surface area (Å²) in [4.78, 5) is 1.14. The van der Waals surface area contributed by atoms with Crippen molar-refractivity contribution in [2.75, 3.05) is 5.73 Å². The molecule has 0 spiro atoms. The van der Waals surface area contributed by atoms with Crippen molar-refractivity contribution in [3.8, 4) is 10.4 Å². The number of rotatable bonds is 1. The third-order valence-corrected chi connectivity index (χ3v) is 3.01. The zero-order valence-electron chi connectivity index (χ0n) is 8.24. The second-order valence-electron chi connectivity index (χ2n) is 3.43. The van der Waals surface area contributed by atoms with E-state index in [9.17, 15) is 0 Å². The highest BCUT2D eigenvalue weighted by Gasteiger charge is 2.05. The predicted molar refractivity (Wildman–Crippen MR) is 61.4 cm³/mol. The molecule has 2 aromatic rings. The van der Waals surface area contributed by atoms with Gasteiger partial charge in [-0.05, 0) is 36.5 Å². The van der Waals surface area contributed by atoms with Crippen LogP contribution in [0.1, 0.15) is 11.1 Å². The number of hydrogen-bond donors (Lipinski definition) is 1. The zero-order valence-corrected chi connectivity index (χ0v) is 9.06. The van der Waals surface area contributed by atoms with Gasteiger partial charge >= 0.3 is 0 Å². The molecule has 1 aromatic heterocycles. The van der Waals surface area contributed by atoms with Crippen LogP contribution in [0.3, 0.4) is 0 Å². The maximum Gasteiger partial charge on any atom is 0.137 e. The van der Waals surface area contributed by atoms with Crippen LogP contribution in [0.2, 0.25) is 0 Å². The maximum absolute atomic E-state index is 5.60. The van der Waals surface area contributed by atoms with Crippen LogP contribution >= 0.6 is 11.5 Å². The number of hydrogen-bond acceptors (Lipinski definition) is 3. The lowest BCUT2D eigenvalue weighted by atomic mass is 10.0. The van der Waals surface area contributed by atoms with Crippen molar-refractivity contribution in [1.29, 1.82) is 0 Å². The van der Waals surface area contributed by atoms with Crippen molar-refractivity contribution in [3.63, 3.8) is 0 Å². The molecule has 1 aromatic carbocycles. The molecule has 0 fully saturated rings. The summed E-state index contributed by atoms with van der Waals surface area (Å²) in [7, 11) is 0. The molecule has 72 valence electrons. The molecule has 14 heavy (non-hydrogen) atoms. The number of anilines is 1. The van der Waals surface area contributed by atoms with E-state index in [2.05, 4.69) is 36.4 Å². The lowest BCUT2D eigenvalue weighted by Crippen LogP contribution is -1.82. The summed E-state index contributed by atoms with van der Waals surface area (Å²) in [6, 6.07) is 8.32. The first kappa shape index (κ1) is 9.21. The fourth-order valence-corrected chi connectivity index (χ4v) is 2.26. The van der Waals surface area contributed by atoms with E-state index in [0.29, 0.717) is 5.82 Å². The molecule has 3 heteroatoms. The molecule has 0 aliphatic heterocycles. The van der Waals surface area contributed by atoms with Crippen LogP contribution in [0.15, 0.2) is 24.3 Å². The van der Waals surface area contributed by atoms with E-state index in [1.54, 1.807) is 0 Å². The first-order valence-corrected chi connectivity index (χ1v) is 5.24. The number of nitrogens with two attached hydrogens (primary N) is 1. The second-order valence-corrected chi connectivity index (χ2v) is 4.24. The number of benzene rings is 1. The number of nitrogens with zero attached hydrogens (tertiary/aromatic N) is 1. The molecular formula is C11H12N2S. The molecule has 2 N–H and O–H groups in total. The van der Waals surface area contributed by atoms with Crippen LogP contribution in [-0.2, 0) is 0 Å². The molecule has 2 nitrogen and oxygen atoms in total. The molecule has 0 saturated heterocycles. The molecule has 0 aliphatic rings. The van der Waals surface area contributed by atoms with Crippen molar-refractivity contribution in [2.24, 2.45) is 0 Å². The van der Waals surface area contributed by atoms with Gasteiger partial charge in [0.15, 0.2) is 0 Å². The first-order chi connectivity index (χ1) is 6.66. The Kier molecular flexibility index (Phi) is 2.25. The van der Waals surface area contributed by atoms with Crippen molar-refractivity contribution in [2.45, 2.75) is 13.8 Å². The van der Waals surface area contributed by atoms with Crippen molar-refractivity contribution >= 4 is 17.4 Å². The van der Waals surface area contributed by atoms with E-state index in [1.807, 2.05) is 6.07 Å². The Balaban J connectivity index is 2.52. The minimum Gasteiger partial charge on any atom is -0.383 e. The average Bonchev–Trinajstić information content (AvgIpc) is 2.51. The van der Waals surface area contributed by atoms with Crippen LogP contribution in [-0.4, -0.2) is 4.37 Å². The van der Waals surface area contributed by atoms with E-state index >= 15 is 0 Å². The van der Waals surface area contributed by atoms with Crippen molar-refractivity contribution < 1.29 is 0 Å². The Hall–Kier alpha value is -1.35. The van der Waals surface area contributed by atoms with Gasteiger partial charge < -0.3 is 5.73 Å². The number of aromatic nitrogens is 1. The fourth-order valence-electron chi connectivity index (χ4n) is 1.51. The molecule has 0 bridgehead atoms. The Labute approximate surface area is 87.6 Å². The average molecular weight is 204 g/mol. The molecule has 0 saturated carbocycles. The first-order valence-electron chi connectivity index (χ1n) is 4.46. The van der Waals surface area contributed by atoms with Gasteiger partial charge in [-0.1, -0.05) is 23.8 Å². The molecule has 1 heterocycles. The van der Waals surface area contributed by atoms with Crippen LogP contribution in [0.4, 0.5) is 5.82 Å². The number of aryl methyl sites for hydroxylation is 2. The van der Waals surface area contributed by atoms with Crippen molar-refractivity contribution in [1.82, 2.24) is 4.37 Å². The Morgan fingerprint density at radius 3 is 2.57 bits per heavy atom. The van der Waals surface area contributed by atoms with Crippen LogP contribution in [0.5, 0.6) is 0 Å². The normalized spacial score (nSPS) is 10.4. The molecule has 0 unspecified atom stereocenters. The van der Waals surface area contributed by atoms with Gasteiger partial charge in [0.05, 0.1) is 4.88 Å². The molecule has 0 radical (unpaired) electrons. The van der Waals surface area contributed by atoms with Gasteiger partial charge in [-0.3, -0.25) is 0 Å². The van der Waals surface area contributed by atoms with E-state index in [-0.39, 0.29) is 0 Å². The van der Waals surface area contributed by atoms with Gasteiger partial charge in [-0.15, -0.1) is 0 Å². The smallest absolute Gasteiger partial charge is 0.137 e. The highest BCUT2D eigenvalue weighted by molar-refractivity contribution is 7.09. The van der Waals surface area contributed by atoms with Crippen LogP contribution < -0.4 is 5.73 Å². The summed E-state index contributed by atoms with van der Waals surface area (Å²) in [6.45, 7) is 4.20. The third-order valence-electron chi connectivity index (χ3n) is 2.18. The fraction of sp³-hybridized carbons (Fsp3) is 0.182. The molecule has 0 amide bonds. The summed E-state index contributed by atoms with van der Waals surface area (Å²) >= 11 is 1.45.